The molecule has 1 saturated carbocycles. The van der Waals surface area contributed by atoms with Crippen molar-refractivity contribution in [2.45, 2.75) is 30.1 Å². The molecule has 1 aromatic carbocycles. The molecule has 3 N–H and O–H groups in total. The number of nitrogens with zero attached hydrogens (tertiary/aromatic N) is 4. The maximum Gasteiger partial charge on any atom is 0.417 e. The fraction of sp³-hybridized carbons (Fsp3) is 0.412. The molecule has 2 amide bonds. The number of benzene rings is 1. The van der Waals surface area contributed by atoms with Gasteiger partial charge in [0.2, 0.25) is 17.0 Å². The van der Waals surface area contributed by atoms with Crippen LogP contribution in [-0.4, -0.2) is 50.9 Å². The Bertz CT molecular complexity index is 963. The van der Waals surface area contributed by atoms with E-state index in [9.17, 15) is 22.8 Å². The molecule has 2 aromatic rings. The average Bonchev–Trinajstić information content (AvgIpc) is 3.43. The molecule has 0 saturated heterocycles. The van der Waals surface area contributed by atoms with Gasteiger partial charge in [-0.25, -0.2) is 4.68 Å². The van der Waals surface area contributed by atoms with Crippen molar-refractivity contribution in [1.82, 2.24) is 19.8 Å². The highest BCUT2D eigenvalue weighted by Gasteiger charge is 2.33. The summed E-state index contributed by atoms with van der Waals surface area (Å²) in [6, 6.07) is 3.03. The second kappa shape index (κ2) is 8.72. The van der Waals surface area contributed by atoms with E-state index in [2.05, 4.69) is 15.5 Å². The van der Waals surface area contributed by atoms with E-state index in [0.29, 0.717) is 16.9 Å². The molecule has 30 heavy (non-hydrogen) atoms. The van der Waals surface area contributed by atoms with E-state index in [4.69, 9.17) is 17.4 Å². The summed E-state index contributed by atoms with van der Waals surface area (Å²) in [6.45, 7) is -0.341. The first-order valence-corrected chi connectivity index (χ1v) is 10.2. The van der Waals surface area contributed by atoms with E-state index in [0.717, 1.165) is 41.6 Å². The first-order valence-electron chi connectivity index (χ1n) is 8.80. The van der Waals surface area contributed by atoms with Crippen LogP contribution in [0.25, 0.3) is 0 Å². The molecule has 0 spiro atoms. The molecule has 1 aliphatic rings. The molecule has 1 aliphatic carbocycles. The first kappa shape index (κ1) is 22.2. The Hall–Kier alpha value is -2.47. The summed E-state index contributed by atoms with van der Waals surface area (Å²) in [4.78, 5) is 25.5. The van der Waals surface area contributed by atoms with Gasteiger partial charge in [0.05, 0.1) is 22.9 Å². The monoisotopic (exact) mass is 462 g/mol. The van der Waals surface area contributed by atoms with Crippen molar-refractivity contribution in [3.8, 4) is 0 Å². The van der Waals surface area contributed by atoms with Gasteiger partial charge in [-0.15, -0.1) is 10.2 Å². The highest BCUT2D eigenvalue weighted by Crippen LogP contribution is 2.39. The molecule has 1 heterocycles. The minimum Gasteiger partial charge on any atom is -0.336 e. The van der Waals surface area contributed by atoms with Crippen molar-refractivity contribution in [2.75, 3.05) is 30.5 Å². The summed E-state index contributed by atoms with van der Waals surface area (Å²) in [7, 11) is 1.41. The predicted octanol–water partition coefficient (Wildman–Crippen LogP) is 2.73. The number of nitrogens with two attached hydrogens (primary N) is 1. The number of nitrogen functional groups attached to an aromatic ring is 1. The summed E-state index contributed by atoms with van der Waals surface area (Å²) >= 11 is 6.64. The molecule has 1 fully saturated rings. The van der Waals surface area contributed by atoms with Crippen LogP contribution in [-0.2, 0) is 15.8 Å². The van der Waals surface area contributed by atoms with E-state index in [-0.39, 0.29) is 23.9 Å². The van der Waals surface area contributed by atoms with E-state index >= 15 is 0 Å². The summed E-state index contributed by atoms with van der Waals surface area (Å²) < 4.78 is 40.1. The van der Waals surface area contributed by atoms with Crippen molar-refractivity contribution < 1.29 is 22.8 Å². The Morgan fingerprint density at radius 2 is 2.07 bits per heavy atom. The van der Waals surface area contributed by atoms with Crippen molar-refractivity contribution in [2.24, 2.45) is 0 Å². The van der Waals surface area contributed by atoms with E-state index < -0.39 is 22.7 Å². The van der Waals surface area contributed by atoms with Crippen LogP contribution in [0, 0.1) is 0 Å². The van der Waals surface area contributed by atoms with Gasteiger partial charge in [-0.1, -0.05) is 23.4 Å². The average molecular weight is 463 g/mol. The number of carbonyl (C=O) groups excluding carboxylic acids is 2. The fourth-order valence-electron chi connectivity index (χ4n) is 2.57. The summed E-state index contributed by atoms with van der Waals surface area (Å²) in [5, 5.41) is 10.2. The molecule has 0 bridgehead atoms. The number of likely N-dealkylation sites (N-methyl/N-ethyl adjacent to an activating group) is 1. The largest absolute Gasteiger partial charge is 0.417 e. The van der Waals surface area contributed by atoms with Gasteiger partial charge < -0.3 is 16.1 Å². The van der Waals surface area contributed by atoms with Crippen LogP contribution >= 0.6 is 23.4 Å². The summed E-state index contributed by atoms with van der Waals surface area (Å²) in [6.07, 6.45) is -2.63. The summed E-state index contributed by atoms with van der Waals surface area (Å²) in [5.41, 5.74) is -1.13. The van der Waals surface area contributed by atoms with Crippen LogP contribution in [0.15, 0.2) is 23.4 Å². The van der Waals surface area contributed by atoms with Gasteiger partial charge in [-0.2, -0.15) is 13.2 Å². The number of carbonyl (C=O) groups is 2. The lowest BCUT2D eigenvalue weighted by Crippen LogP contribution is -2.36. The molecule has 0 unspecified atom stereocenters. The quantitative estimate of drug-likeness (QED) is 0.484. The number of nitrogens with one attached hydrogen (secondary N) is 1. The Balaban J connectivity index is 1.52. The van der Waals surface area contributed by atoms with Crippen molar-refractivity contribution in [3.63, 3.8) is 0 Å². The van der Waals surface area contributed by atoms with Crippen LogP contribution in [0.4, 0.5) is 18.9 Å². The maximum absolute atomic E-state index is 12.9. The number of rotatable bonds is 7. The molecular weight excluding hydrogens is 445 g/mol. The van der Waals surface area contributed by atoms with E-state index in [1.165, 1.54) is 17.8 Å². The minimum atomic E-state index is -4.65. The number of halogens is 4. The van der Waals surface area contributed by atoms with Crippen molar-refractivity contribution >= 4 is 40.9 Å². The van der Waals surface area contributed by atoms with Crippen molar-refractivity contribution in [3.05, 3.63) is 34.6 Å². The second-order valence-corrected chi connectivity index (χ2v) is 8.11. The molecule has 0 atom stereocenters. The molecule has 13 heteroatoms. The minimum absolute atomic E-state index is 0.0249. The molecule has 1 aromatic heterocycles. The third-order valence-corrected chi connectivity index (χ3v) is 5.58. The van der Waals surface area contributed by atoms with Crippen LogP contribution in [0.1, 0.15) is 30.1 Å². The number of anilines is 1. The first-order chi connectivity index (χ1) is 14.1. The lowest BCUT2D eigenvalue weighted by Gasteiger charge is -2.17. The van der Waals surface area contributed by atoms with Crippen LogP contribution < -0.4 is 11.2 Å². The Morgan fingerprint density at radius 1 is 1.37 bits per heavy atom. The number of hydrogen-bond donors (Lipinski definition) is 2. The lowest BCUT2D eigenvalue weighted by molar-refractivity contribution is -0.137. The fourth-order valence-corrected chi connectivity index (χ4v) is 3.60. The SMILES string of the molecule is CN(CC(=O)Nc1ccc(Cl)c(C(F)(F)F)c1)C(=O)CSc1nnc(C2CC2)n1N. The molecule has 0 radical (unpaired) electrons. The van der Waals surface area contributed by atoms with Gasteiger partial charge in [0.15, 0.2) is 5.82 Å². The highest BCUT2D eigenvalue weighted by molar-refractivity contribution is 7.99. The van der Waals surface area contributed by atoms with Gasteiger partial charge >= 0.3 is 6.18 Å². The van der Waals surface area contributed by atoms with Gasteiger partial charge in [0, 0.05) is 18.7 Å². The third-order valence-electron chi connectivity index (χ3n) is 4.32. The second-order valence-electron chi connectivity index (χ2n) is 6.76. The van der Waals surface area contributed by atoms with Gasteiger partial charge in [-0.3, -0.25) is 9.59 Å². The Kier molecular flexibility index (Phi) is 6.46. The van der Waals surface area contributed by atoms with Crippen LogP contribution in [0.3, 0.4) is 0 Å². The summed E-state index contributed by atoms with van der Waals surface area (Å²) in [5.74, 6) is 5.86. The molecule has 3 rings (SSSR count). The standard InChI is InChI=1S/C17H18ClF3N6O2S/c1-26(14(29)8-30-16-25-24-15(27(16)22)9-2-3-9)7-13(28)23-10-4-5-12(18)11(6-10)17(19,20)21/h4-6,9H,2-3,7-8,22H2,1H3,(H,23,28). The molecule has 162 valence electrons. The van der Waals surface area contributed by atoms with Gasteiger partial charge in [-0.05, 0) is 31.0 Å². The van der Waals surface area contributed by atoms with Gasteiger partial charge in [0.1, 0.15) is 0 Å². The third kappa shape index (κ3) is 5.36. The lowest BCUT2D eigenvalue weighted by atomic mass is 10.2. The zero-order valence-electron chi connectivity index (χ0n) is 15.7. The number of aromatic nitrogens is 3. The Labute approximate surface area is 178 Å². The molecular formula is C17H18ClF3N6O2S. The number of thioether (sulfide) groups is 1. The van der Waals surface area contributed by atoms with Gasteiger partial charge in [0.25, 0.3) is 0 Å². The zero-order valence-corrected chi connectivity index (χ0v) is 17.3. The van der Waals surface area contributed by atoms with Crippen LogP contribution in [0.5, 0.6) is 0 Å². The predicted molar refractivity (Wildman–Crippen MR) is 106 cm³/mol. The van der Waals surface area contributed by atoms with Crippen molar-refractivity contribution in [1.29, 1.82) is 0 Å². The number of alkyl halides is 3. The van der Waals surface area contributed by atoms with Crippen LogP contribution in [0.2, 0.25) is 5.02 Å². The topological polar surface area (TPSA) is 106 Å². The smallest absolute Gasteiger partial charge is 0.336 e. The van der Waals surface area contributed by atoms with E-state index in [1.807, 2.05) is 0 Å². The molecule has 8 nitrogen and oxygen atoms in total. The number of hydrogen-bond acceptors (Lipinski definition) is 6. The highest BCUT2D eigenvalue weighted by atomic mass is 35.5. The zero-order chi connectivity index (χ0) is 22.1. The normalized spacial score (nSPS) is 13.9. The number of amides is 2. The molecule has 0 aliphatic heterocycles. The van der Waals surface area contributed by atoms with E-state index in [1.54, 1.807) is 0 Å². The Morgan fingerprint density at radius 3 is 2.70 bits per heavy atom. The maximum atomic E-state index is 12.9.